The molecule has 1 aromatic heterocycles. The van der Waals surface area contributed by atoms with Gasteiger partial charge in [-0.05, 0) is 24.4 Å². The number of nitriles is 1. The summed E-state index contributed by atoms with van der Waals surface area (Å²) in [6.07, 6.45) is 0.309. The molecule has 2 aromatic rings. The minimum absolute atomic E-state index is 0.0593. The van der Waals surface area contributed by atoms with E-state index in [1.165, 1.54) is 11.6 Å². The van der Waals surface area contributed by atoms with E-state index in [2.05, 4.69) is 6.07 Å². The summed E-state index contributed by atoms with van der Waals surface area (Å²) in [6.45, 7) is 1.53. The van der Waals surface area contributed by atoms with Crippen LogP contribution in [0.1, 0.15) is 24.1 Å². The van der Waals surface area contributed by atoms with Gasteiger partial charge >= 0.3 is 0 Å². The molecule has 1 unspecified atom stereocenters. The SMILES string of the molecule is CC(=O)CC(C#N)c1cc2ccccc2s1. The molecule has 16 heavy (non-hydrogen) atoms. The molecule has 0 aliphatic rings. The van der Waals surface area contributed by atoms with E-state index in [9.17, 15) is 4.79 Å². The average molecular weight is 229 g/mol. The number of carbonyl (C=O) groups excluding carboxylic acids is 1. The van der Waals surface area contributed by atoms with E-state index >= 15 is 0 Å². The molecule has 2 rings (SSSR count). The Morgan fingerprint density at radius 2 is 2.25 bits per heavy atom. The van der Waals surface area contributed by atoms with Crippen molar-refractivity contribution >= 4 is 27.2 Å². The lowest BCUT2D eigenvalue weighted by molar-refractivity contribution is -0.117. The van der Waals surface area contributed by atoms with Crippen LogP contribution in [0.5, 0.6) is 0 Å². The van der Waals surface area contributed by atoms with Crippen molar-refractivity contribution in [1.82, 2.24) is 0 Å². The Kier molecular flexibility index (Phi) is 3.02. The molecule has 1 aromatic carbocycles. The Balaban J connectivity index is 2.38. The quantitative estimate of drug-likeness (QED) is 0.808. The number of carbonyl (C=O) groups is 1. The zero-order valence-electron chi connectivity index (χ0n) is 8.93. The van der Waals surface area contributed by atoms with Crippen molar-refractivity contribution in [2.75, 3.05) is 0 Å². The largest absolute Gasteiger partial charge is 0.300 e. The number of hydrogen-bond donors (Lipinski definition) is 0. The van der Waals surface area contributed by atoms with Crippen LogP contribution in [0.25, 0.3) is 10.1 Å². The molecule has 0 saturated carbocycles. The maximum Gasteiger partial charge on any atom is 0.131 e. The van der Waals surface area contributed by atoms with Crippen molar-refractivity contribution in [1.29, 1.82) is 5.26 Å². The van der Waals surface area contributed by atoms with Crippen LogP contribution in [0.3, 0.4) is 0 Å². The topological polar surface area (TPSA) is 40.9 Å². The summed E-state index contributed by atoms with van der Waals surface area (Å²) >= 11 is 1.60. The molecule has 0 aliphatic carbocycles. The first kappa shape index (κ1) is 10.8. The molecule has 1 atom stereocenters. The van der Waals surface area contributed by atoms with Crippen molar-refractivity contribution in [3.63, 3.8) is 0 Å². The van der Waals surface area contributed by atoms with Crippen molar-refractivity contribution in [2.24, 2.45) is 0 Å². The maximum atomic E-state index is 11.1. The first-order valence-electron chi connectivity index (χ1n) is 5.08. The van der Waals surface area contributed by atoms with Crippen LogP contribution < -0.4 is 0 Å². The molecule has 3 heteroatoms. The van der Waals surface area contributed by atoms with Gasteiger partial charge in [0.05, 0.1) is 12.0 Å². The van der Waals surface area contributed by atoms with Crippen molar-refractivity contribution < 1.29 is 4.79 Å². The van der Waals surface area contributed by atoms with Gasteiger partial charge in [-0.2, -0.15) is 5.26 Å². The van der Waals surface area contributed by atoms with Gasteiger partial charge in [-0.1, -0.05) is 18.2 Å². The highest BCUT2D eigenvalue weighted by atomic mass is 32.1. The fraction of sp³-hybridized carbons (Fsp3) is 0.231. The van der Waals surface area contributed by atoms with Crippen molar-refractivity contribution in [3.05, 3.63) is 35.2 Å². The van der Waals surface area contributed by atoms with E-state index in [1.54, 1.807) is 11.3 Å². The summed E-state index contributed by atoms with van der Waals surface area (Å²) in [7, 11) is 0. The van der Waals surface area contributed by atoms with Crippen LogP contribution in [-0.2, 0) is 4.79 Å². The lowest BCUT2D eigenvalue weighted by Crippen LogP contribution is -1.99. The normalized spacial score (nSPS) is 12.2. The second-order valence-corrected chi connectivity index (χ2v) is 4.89. The number of ketones is 1. The highest BCUT2D eigenvalue weighted by molar-refractivity contribution is 7.19. The molecule has 2 nitrogen and oxygen atoms in total. The Labute approximate surface area is 98.1 Å². The second-order valence-electron chi connectivity index (χ2n) is 3.77. The Morgan fingerprint density at radius 1 is 1.50 bits per heavy atom. The van der Waals surface area contributed by atoms with Gasteiger partial charge < -0.3 is 0 Å². The highest BCUT2D eigenvalue weighted by Crippen LogP contribution is 2.32. The van der Waals surface area contributed by atoms with E-state index < -0.39 is 0 Å². The minimum Gasteiger partial charge on any atom is -0.300 e. The van der Waals surface area contributed by atoms with Gasteiger partial charge in [0.15, 0.2) is 0 Å². The third-order valence-corrected chi connectivity index (χ3v) is 3.67. The zero-order chi connectivity index (χ0) is 11.5. The molecule has 1 heterocycles. The van der Waals surface area contributed by atoms with Crippen LogP contribution in [-0.4, -0.2) is 5.78 Å². The number of hydrogen-bond acceptors (Lipinski definition) is 3. The van der Waals surface area contributed by atoms with Gasteiger partial charge in [0, 0.05) is 16.0 Å². The lowest BCUT2D eigenvalue weighted by Gasteiger charge is -2.01. The molecule has 0 amide bonds. The molecular weight excluding hydrogens is 218 g/mol. The molecule has 0 bridgehead atoms. The highest BCUT2D eigenvalue weighted by Gasteiger charge is 2.15. The predicted octanol–water partition coefficient (Wildman–Crippen LogP) is 3.49. The van der Waals surface area contributed by atoms with E-state index in [0.29, 0.717) is 6.42 Å². The molecule has 0 radical (unpaired) electrons. The molecule has 0 fully saturated rings. The molecular formula is C13H11NOS. The van der Waals surface area contributed by atoms with E-state index in [0.717, 1.165) is 10.3 Å². The van der Waals surface area contributed by atoms with E-state index in [1.807, 2.05) is 30.3 Å². The van der Waals surface area contributed by atoms with Gasteiger partial charge in [0.2, 0.25) is 0 Å². The summed E-state index contributed by atoms with van der Waals surface area (Å²) in [5.41, 5.74) is 0. The Bertz CT molecular complexity index is 532. The summed E-state index contributed by atoms with van der Waals surface area (Å²) in [5, 5.41) is 10.2. The van der Waals surface area contributed by atoms with E-state index in [-0.39, 0.29) is 11.7 Å². The van der Waals surface area contributed by atoms with Crippen molar-refractivity contribution in [3.8, 4) is 6.07 Å². The van der Waals surface area contributed by atoms with Gasteiger partial charge in [0.1, 0.15) is 5.78 Å². The predicted molar refractivity (Wildman–Crippen MR) is 65.5 cm³/mol. The Hall–Kier alpha value is -1.66. The fourth-order valence-corrected chi connectivity index (χ4v) is 2.78. The lowest BCUT2D eigenvalue weighted by atomic mass is 10.0. The van der Waals surface area contributed by atoms with Crippen molar-refractivity contribution in [2.45, 2.75) is 19.3 Å². The van der Waals surface area contributed by atoms with E-state index in [4.69, 9.17) is 5.26 Å². The maximum absolute atomic E-state index is 11.1. The van der Waals surface area contributed by atoms with Crippen LogP contribution in [0, 0.1) is 11.3 Å². The first-order chi connectivity index (χ1) is 7.70. The number of benzene rings is 1. The van der Waals surface area contributed by atoms with Crippen LogP contribution in [0.15, 0.2) is 30.3 Å². The first-order valence-corrected chi connectivity index (χ1v) is 5.90. The number of fused-ring (bicyclic) bond motifs is 1. The number of thiophene rings is 1. The summed E-state index contributed by atoms with van der Waals surface area (Å²) < 4.78 is 1.17. The monoisotopic (exact) mass is 229 g/mol. The van der Waals surface area contributed by atoms with Crippen LogP contribution in [0.2, 0.25) is 0 Å². The fourth-order valence-electron chi connectivity index (χ4n) is 1.67. The molecule has 0 N–H and O–H groups in total. The van der Waals surface area contributed by atoms with Crippen LogP contribution in [0.4, 0.5) is 0 Å². The summed E-state index contributed by atoms with van der Waals surface area (Å²) in [6, 6.07) is 12.2. The zero-order valence-corrected chi connectivity index (χ0v) is 9.75. The average Bonchev–Trinajstić information content (AvgIpc) is 2.68. The number of Topliss-reactive ketones (excluding diaryl/α,β-unsaturated/α-hetero) is 1. The number of rotatable bonds is 3. The van der Waals surface area contributed by atoms with Crippen LogP contribution >= 0.6 is 11.3 Å². The number of nitrogens with zero attached hydrogens (tertiary/aromatic N) is 1. The Morgan fingerprint density at radius 3 is 2.88 bits per heavy atom. The molecule has 0 aliphatic heterocycles. The minimum atomic E-state index is -0.296. The summed E-state index contributed by atoms with van der Waals surface area (Å²) in [4.78, 5) is 12.0. The summed E-state index contributed by atoms with van der Waals surface area (Å²) in [5.74, 6) is -0.237. The molecule has 80 valence electrons. The van der Waals surface area contributed by atoms with Gasteiger partial charge in [-0.25, -0.2) is 0 Å². The van der Waals surface area contributed by atoms with Gasteiger partial charge in [-0.3, -0.25) is 4.79 Å². The second kappa shape index (κ2) is 4.46. The third kappa shape index (κ3) is 2.12. The standard InChI is InChI=1S/C13H11NOS/c1-9(15)6-11(8-14)13-7-10-4-2-3-5-12(10)16-13/h2-5,7,11H,6H2,1H3. The van der Waals surface area contributed by atoms with Gasteiger partial charge in [-0.15, -0.1) is 11.3 Å². The molecule has 0 spiro atoms. The van der Waals surface area contributed by atoms with Gasteiger partial charge in [0.25, 0.3) is 0 Å². The smallest absolute Gasteiger partial charge is 0.131 e. The third-order valence-electron chi connectivity index (χ3n) is 2.44. The molecule has 0 saturated heterocycles.